The van der Waals surface area contributed by atoms with Crippen LogP contribution in [0, 0.1) is 0 Å². The third-order valence-electron chi connectivity index (χ3n) is 3.01. The van der Waals surface area contributed by atoms with Crippen LogP contribution in [0.2, 0.25) is 0 Å². The number of rotatable bonds is 1. The van der Waals surface area contributed by atoms with Crippen LogP contribution in [0.4, 0.5) is 0 Å². The smallest absolute Gasteiger partial charge is 0.352 e. The number of phenols is 1. The van der Waals surface area contributed by atoms with Gasteiger partial charge in [-0.05, 0) is 12.1 Å². The Morgan fingerprint density at radius 1 is 1.41 bits per heavy atom. The molecule has 0 fully saturated rings. The van der Waals surface area contributed by atoms with Crippen LogP contribution in [-0.4, -0.2) is 25.7 Å². The summed E-state index contributed by atoms with van der Waals surface area (Å²) in [6.07, 6.45) is 0. The summed E-state index contributed by atoms with van der Waals surface area (Å²) < 4.78 is 1.78. The number of aromatic carboxylic acids is 1. The number of fused-ring (bicyclic) bond motifs is 3. The molecule has 0 radical (unpaired) electrons. The van der Waals surface area contributed by atoms with E-state index in [1.54, 1.807) is 29.8 Å². The third kappa shape index (κ3) is 1.16. The number of H-pyrrole nitrogens is 1. The molecule has 3 aromatic rings. The minimum Gasteiger partial charge on any atom is -0.506 e. The number of para-hydroxylation sites is 1. The summed E-state index contributed by atoms with van der Waals surface area (Å²) in [6, 6.07) is 6.76. The predicted molar refractivity (Wildman–Crippen MR) is 63.4 cm³/mol. The summed E-state index contributed by atoms with van der Waals surface area (Å²) in [5, 5.41) is 19.5. The van der Waals surface area contributed by atoms with E-state index >= 15 is 0 Å². The van der Waals surface area contributed by atoms with Crippen LogP contribution < -0.4 is 0 Å². The van der Waals surface area contributed by atoms with Crippen molar-refractivity contribution in [3.8, 4) is 5.75 Å². The van der Waals surface area contributed by atoms with E-state index < -0.39 is 5.97 Å². The van der Waals surface area contributed by atoms with Gasteiger partial charge in [-0.2, -0.15) is 0 Å². The van der Waals surface area contributed by atoms with Crippen LogP contribution in [0.5, 0.6) is 5.75 Å². The number of nitrogens with one attached hydrogen (secondary N) is 1. The topological polar surface area (TPSA) is 78.2 Å². The summed E-state index contributed by atoms with van der Waals surface area (Å²) in [5.74, 6) is -0.805. The van der Waals surface area contributed by atoms with Crippen molar-refractivity contribution in [2.75, 3.05) is 0 Å². The zero-order valence-corrected chi connectivity index (χ0v) is 9.06. The van der Waals surface area contributed by atoms with E-state index in [1.165, 1.54) is 0 Å². The van der Waals surface area contributed by atoms with Gasteiger partial charge in [0.1, 0.15) is 11.4 Å². The molecule has 0 atom stereocenters. The predicted octanol–water partition coefficient (Wildman–Crippen LogP) is 2.06. The zero-order valence-electron chi connectivity index (χ0n) is 9.06. The van der Waals surface area contributed by atoms with Gasteiger partial charge in [0.2, 0.25) is 0 Å². The lowest BCUT2D eigenvalue weighted by Gasteiger charge is -1.99. The number of nitrogens with zero attached hydrogens (tertiary/aromatic N) is 1. The summed E-state index contributed by atoms with van der Waals surface area (Å²) in [4.78, 5) is 13.7. The molecule has 86 valence electrons. The molecule has 0 aliphatic carbocycles. The molecule has 0 saturated carbocycles. The van der Waals surface area contributed by atoms with E-state index in [2.05, 4.69) is 4.98 Å². The van der Waals surface area contributed by atoms with Gasteiger partial charge >= 0.3 is 5.97 Å². The van der Waals surface area contributed by atoms with E-state index in [1.807, 2.05) is 6.07 Å². The van der Waals surface area contributed by atoms with E-state index in [9.17, 15) is 9.90 Å². The van der Waals surface area contributed by atoms with Gasteiger partial charge in [0.25, 0.3) is 0 Å². The van der Waals surface area contributed by atoms with Gasteiger partial charge in [0.15, 0.2) is 0 Å². The summed E-state index contributed by atoms with van der Waals surface area (Å²) in [7, 11) is 1.80. The van der Waals surface area contributed by atoms with E-state index in [-0.39, 0.29) is 11.4 Å². The summed E-state index contributed by atoms with van der Waals surface area (Å²) >= 11 is 0. The number of hydrogen-bond acceptors (Lipinski definition) is 2. The second-order valence-electron chi connectivity index (χ2n) is 3.98. The van der Waals surface area contributed by atoms with Crippen molar-refractivity contribution in [1.29, 1.82) is 0 Å². The van der Waals surface area contributed by atoms with Crippen LogP contribution >= 0.6 is 0 Å². The number of aromatic hydroxyl groups is 1. The molecule has 5 heteroatoms. The lowest BCUT2D eigenvalue weighted by molar-refractivity contribution is 0.0691. The lowest BCUT2D eigenvalue weighted by atomic mass is 10.2. The Bertz CT molecular complexity index is 752. The van der Waals surface area contributed by atoms with E-state index in [4.69, 9.17) is 5.11 Å². The van der Waals surface area contributed by atoms with Crippen molar-refractivity contribution in [3.63, 3.8) is 0 Å². The van der Waals surface area contributed by atoms with Gasteiger partial charge in [-0.3, -0.25) is 0 Å². The number of carboxylic acid groups (broad SMARTS) is 1. The zero-order chi connectivity index (χ0) is 12.2. The number of carboxylic acids is 1. The van der Waals surface area contributed by atoms with Gasteiger partial charge in [0, 0.05) is 12.4 Å². The first-order chi connectivity index (χ1) is 8.09. The molecule has 0 bridgehead atoms. The number of aryl methyl sites for hydroxylation is 1. The molecule has 0 aliphatic heterocycles. The van der Waals surface area contributed by atoms with Gasteiger partial charge in [-0.15, -0.1) is 0 Å². The van der Waals surface area contributed by atoms with Crippen molar-refractivity contribution < 1.29 is 15.0 Å². The Labute approximate surface area is 95.9 Å². The van der Waals surface area contributed by atoms with Crippen LogP contribution in [0.25, 0.3) is 21.9 Å². The van der Waals surface area contributed by atoms with Gasteiger partial charge in [-0.1, -0.05) is 12.1 Å². The largest absolute Gasteiger partial charge is 0.506 e. The molecule has 0 aliphatic rings. The minimum atomic E-state index is -0.991. The summed E-state index contributed by atoms with van der Waals surface area (Å²) in [6.45, 7) is 0. The highest BCUT2D eigenvalue weighted by molar-refractivity contribution is 6.10. The molecule has 1 aromatic carbocycles. The maximum Gasteiger partial charge on any atom is 0.352 e. The van der Waals surface area contributed by atoms with Crippen molar-refractivity contribution in [1.82, 2.24) is 9.55 Å². The first kappa shape index (κ1) is 9.77. The molecule has 5 nitrogen and oxygen atoms in total. The number of hydrogen-bond donors (Lipinski definition) is 3. The fraction of sp³-hybridized carbons (Fsp3) is 0.0833. The SMILES string of the molecule is Cn1c2cc(C(=O)O)[nH]c2c2cccc(O)c21. The maximum absolute atomic E-state index is 10.9. The average molecular weight is 230 g/mol. The number of benzene rings is 1. The van der Waals surface area contributed by atoms with Crippen LogP contribution in [-0.2, 0) is 7.05 Å². The molecule has 0 amide bonds. The number of aromatic nitrogens is 2. The Hall–Kier alpha value is -2.43. The van der Waals surface area contributed by atoms with E-state index in [0.29, 0.717) is 5.52 Å². The van der Waals surface area contributed by atoms with Crippen molar-refractivity contribution >= 4 is 27.9 Å². The molecule has 0 unspecified atom stereocenters. The second-order valence-corrected chi connectivity index (χ2v) is 3.98. The van der Waals surface area contributed by atoms with E-state index in [0.717, 1.165) is 16.4 Å². The normalized spacial score (nSPS) is 11.4. The third-order valence-corrected chi connectivity index (χ3v) is 3.01. The molecule has 3 rings (SSSR count). The molecule has 2 heterocycles. The fourth-order valence-corrected chi connectivity index (χ4v) is 2.23. The molecule has 0 spiro atoms. The first-order valence-corrected chi connectivity index (χ1v) is 5.12. The van der Waals surface area contributed by atoms with Crippen LogP contribution in [0.1, 0.15) is 10.5 Å². The Morgan fingerprint density at radius 2 is 2.18 bits per heavy atom. The number of carbonyl (C=O) groups is 1. The molecular formula is C12H10N2O3. The van der Waals surface area contributed by atoms with Crippen LogP contribution in [0.3, 0.4) is 0 Å². The Balaban J connectivity index is 2.51. The average Bonchev–Trinajstić information content (AvgIpc) is 2.81. The standard InChI is InChI=1S/C12H10N2O3/c1-14-8-5-7(12(16)17)13-10(8)6-3-2-4-9(15)11(6)14/h2-5,13,15H,1H3,(H,16,17). The van der Waals surface area contributed by atoms with Gasteiger partial charge < -0.3 is 19.8 Å². The number of phenolic OH excluding ortho intramolecular Hbond substituents is 1. The highest BCUT2D eigenvalue weighted by atomic mass is 16.4. The highest BCUT2D eigenvalue weighted by Gasteiger charge is 2.16. The molecular weight excluding hydrogens is 220 g/mol. The maximum atomic E-state index is 10.9. The monoisotopic (exact) mass is 230 g/mol. The number of aromatic amines is 1. The van der Waals surface area contributed by atoms with Crippen molar-refractivity contribution in [3.05, 3.63) is 30.0 Å². The molecule has 2 aromatic heterocycles. The Morgan fingerprint density at radius 3 is 2.88 bits per heavy atom. The minimum absolute atomic E-state index is 0.149. The summed E-state index contributed by atoms with van der Waals surface area (Å²) in [5.41, 5.74) is 2.34. The molecule has 3 N–H and O–H groups in total. The Kier molecular flexibility index (Phi) is 1.75. The second kappa shape index (κ2) is 3.04. The van der Waals surface area contributed by atoms with Crippen molar-refractivity contribution in [2.45, 2.75) is 0 Å². The molecule has 0 saturated heterocycles. The highest BCUT2D eigenvalue weighted by Crippen LogP contribution is 2.33. The molecule has 17 heavy (non-hydrogen) atoms. The van der Waals surface area contributed by atoms with Crippen molar-refractivity contribution in [2.24, 2.45) is 7.05 Å². The van der Waals surface area contributed by atoms with Gasteiger partial charge in [-0.25, -0.2) is 4.79 Å². The van der Waals surface area contributed by atoms with Crippen LogP contribution in [0.15, 0.2) is 24.3 Å². The van der Waals surface area contributed by atoms with Gasteiger partial charge in [0.05, 0.1) is 16.6 Å². The first-order valence-electron chi connectivity index (χ1n) is 5.12. The lowest BCUT2D eigenvalue weighted by Crippen LogP contribution is -1.95. The fourth-order valence-electron chi connectivity index (χ4n) is 2.23. The quantitative estimate of drug-likeness (QED) is 0.598.